The minimum atomic E-state index is -3.60. The van der Waals surface area contributed by atoms with Crippen molar-refractivity contribution in [2.45, 2.75) is 6.54 Å². The second kappa shape index (κ2) is 7.98. The lowest BCUT2D eigenvalue weighted by Crippen LogP contribution is -2.37. The van der Waals surface area contributed by atoms with Gasteiger partial charge in [0.25, 0.3) is 0 Å². The molecule has 0 radical (unpaired) electrons. The second-order valence-electron chi connectivity index (χ2n) is 5.15. The van der Waals surface area contributed by atoms with Crippen molar-refractivity contribution >= 4 is 44.8 Å². The number of hydrogen-bond acceptors (Lipinski definition) is 3. The number of halogens is 2. The molecule has 1 N–H and O–H groups in total. The minimum absolute atomic E-state index is 0.00838. The van der Waals surface area contributed by atoms with Crippen molar-refractivity contribution < 1.29 is 13.2 Å². The highest BCUT2D eigenvalue weighted by Gasteiger charge is 2.21. The molecule has 0 saturated heterocycles. The molecule has 0 spiro atoms. The Morgan fingerprint density at radius 3 is 2.21 bits per heavy atom. The molecule has 0 aromatic heterocycles. The van der Waals surface area contributed by atoms with Crippen LogP contribution < -0.4 is 5.32 Å². The van der Waals surface area contributed by atoms with Crippen molar-refractivity contribution in [3.8, 4) is 0 Å². The molecule has 24 heavy (non-hydrogen) atoms. The maximum absolute atomic E-state index is 12.2. The molecule has 128 valence electrons. The van der Waals surface area contributed by atoms with Gasteiger partial charge in [-0.25, -0.2) is 8.42 Å². The summed E-state index contributed by atoms with van der Waals surface area (Å²) < 4.78 is 25.0. The summed E-state index contributed by atoms with van der Waals surface area (Å²) in [5.41, 5.74) is 1.05. The standard InChI is InChI=1S/C16H16Cl2N2O3S/c1-24(22,23)20(10-12-6-2-3-7-13(12)17)11-16(21)19-15-9-5-4-8-14(15)18/h2-9H,10-11H2,1H3,(H,19,21). The fourth-order valence-electron chi connectivity index (χ4n) is 2.02. The Morgan fingerprint density at radius 1 is 1.04 bits per heavy atom. The summed E-state index contributed by atoms with van der Waals surface area (Å²) in [5, 5.41) is 3.42. The van der Waals surface area contributed by atoms with E-state index in [9.17, 15) is 13.2 Å². The van der Waals surface area contributed by atoms with Gasteiger partial charge in [-0.05, 0) is 23.8 Å². The van der Waals surface area contributed by atoms with Crippen molar-refractivity contribution in [3.05, 3.63) is 64.1 Å². The molecule has 0 heterocycles. The topological polar surface area (TPSA) is 66.5 Å². The van der Waals surface area contributed by atoms with Gasteiger partial charge in [0.1, 0.15) is 0 Å². The highest BCUT2D eigenvalue weighted by Crippen LogP contribution is 2.21. The highest BCUT2D eigenvalue weighted by molar-refractivity contribution is 7.88. The first kappa shape index (κ1) is 18.7. The van der Waals surface area contributed by atoms with Gasteiger partial charge in [-0.15, -0.1) is 0 Å². The van der Waals surface area contributed by atoms with Crippen molar-refractivity contribution in [2.24, 2.45) is 0 Å². The van der Waals surface area contributed by atoms with Crippen LogP contribution in [-0.4, -0.2) is 31.4 Å². The van der Waals surface area contributed by atoms with Gasteiger partial charge in [0.05, 0.1) is 23.5 Å². The number of para-hydroxylation sites is 1. The quantitative estimate of drug-likeness (QED) is 0.826. The van der Waals surface area contributed by atoms with E-state index < -0.39 is 15.9 Å². The van der Waals surface area contributed by atoms with E-state index in [1.54, 1.807) is 48.5 Å². The molecular formula is C16H16Cl2N2O3S. The van der Waals surface area contributed by atoms with Crippen LogP contribution in [0.2, 0.25) is 10.0 Å². The summed E-state index contributed by atoms with van der Waals surface area (Å²) in [4.78, 5) is 12.2. The Labute approximate surface area is 151 Å². The predicted molar refractivity (Wildman–Crippen MR) is 96.8 cm³/mol. The largest absolute Gasteiger partial charge is 0.324 e. The Balaban J connectivity index is 2.14. The fourth-order valence-corrected chi connectivity index (χ4v) is 3.12. The van der Waals surface area contributed by atoms with Crippen LogP contribution in [0.1, 0.15) is 5.56 Å². The van der Waals surface area contributed by atoms with Crippen LogP contribution in [0.5, 0.6) is 0 Å². The monoisotopic (exact) mass is 386 g/mol. The van der Waals surface area contributed by atoms with E-state index in [-0.39, 0.29) is 13.1 Å². The molecule has 5 nitrogen and oxygen atoms in total. The third-order valence-electron chi connectivity index (χ3n) is 3.24. The molecule has 1 amide bonds. The molecule has 2 aromatic rings. The van der Waals surface area contributed by atoms with Crippen LogP contribution in [0.4, 0.5) is 5.69 Å². The van der Waals surface area contributed by atoms with Gasteiger partial charge in [0.15, 0.2) is 0 Å². The number of carbonyl (C=O) groups is 1. The molecule has 8 heteroatoms. The number of nitrogens with zero attached hydrogens (tertiary/aromatic N) is 1. The number of rotatable bonds is 6. The molecule has 0 fully saturated rings. The number of hydrogen-bond donors (Lipinski definition) is 1. The lowest BCUT2D eigenvalue weighted by atomic mass is 10.2. The first-order chi connectivity index (χ1) is 11.3. The molecule has 0 unspecified atom stereocenters. The average molecular weight is 387 g/mol. The van der Waals surface area contributed by atoms with Gasteiger partial charge in [0.2, 0.25) is 15.9 Å². The van der Waals surface area contributed by atoms with Crippen LogP contribution >= 0.6 is 23.2 Å². The Morgan fingerprint density at radius 2 is 1.62 bits per heavy atom. The zero-order chi connectivity index (χ0) is 17.7. The highest BCUT2D eigenvalue weighted by atomic mass is 35.5. The summed E-state index contributed by atoms with van der Waals surface area (Å²) in [6.07, 6.45) is 1.05. The van der Waals surface area contributed by atoms with Crippen LogP contribution in [0.25, 0.3) is 0 Å². The number of nitrogens with one attached hydrogen (secondary N) is 1. The van der Waals surface area contributed by atoms with Crippen LogP contribution in [0.3, 0.4) is 0 Å². The van der Waals surface area contributed by atoms with Crippen LogP contribution in [0.15, 0.2) is 48.5 Å². The average Bonchev–Trinajstić information content (AvgIpc) is 2.50. The normalized spacial score (nSPS) is 11.5. The van der Waals surface area contributed by atoms with Gasteiger partial charge in [-0.2, -0.15) is 4.31 Å². The summed E-state index contributed by atoms with van der Waals surface area (Å²) >= 11 is 12.0. The predicted octanol–water partition coefficient (Wildman–Crippen LogP) is 3.39. The fraction of sp³-hybridized carbons (Fsp3) is 0.188. The van der Waals surface area contributed by atoms with Crippen molar-refractivity contribution in [2.75, 3.05) is 18.1 Å². The Hall–Kier alpha value is -1.60. The first-order valence-corrected chi connectivity index (χ1v) is 9.60. The second-order valence-corrected chi connectivity index (χ2v) is 7.95. The van der Waals surface area contributed by atoms with E-state index in [4.69, 9.17) is 23.2 Å². The smallest absolute Gasteiger partial charge is 0.239 e. The van der Waals surface area contributed by atoms with Crippen LogP contribution in [-0.2, 0) is 21.4 Å². The summed E-state index contributed by atoms with van der Waals surface area (Å²) in [6, 6.07) is 13.6. The van der Waals surface area contributed by atoms with Crippen molar-refractivity contribution in [3.63, 3.8) is 0 Å². The number of carbonyl (C=O) groups excluding carboxylic acids is 1. The third kappa shape index (κ3) is 5.21. The molecule has 0 bridgehead atoms. The van der Waals surface area contributed by atoms with Gasteiger partial charge in [0, 0.05) is 11.6 Å². The minimum Gasteiger partial charge on any atom is -0.324 e. The van der Waals surface area contributed by atoms with E-state index in [1.165, 1.54) is 0 Å². The molecule has 0 atom stereocenters. The molecule has 0 saturated carbocycles. The molecule has 2 aromatic carbocycles. The van der Waals surface area contributed by atoms with Gasteiger partial charge >= 0.3 is 0 Å². The summed E-state index contributed by atoms with van der Waals surface area (Å²) in [5.74, 6) is -0.486. The molecule has 0 aliphatic heterocycles. The Kier molecular flexibility index (Phi) is 6.23. The van der Waals surface area contributed by atoms with Crippen molar-refractivity contribution in [1.82, 2.24) is 4.31 Å². The van der Waals surface area contributed by atoms with E-state index in [2.05, 4.69) is 5.32 Å². The summed E-state index contributed by atoms with van der Waals surface area (Å²) in [6.45, 7) is -0.330. The number of anilines is 1. The molecule has 0 aliphatic rings. The summed E-state index contributed by atoms with van der Waals surface area (Å²) in [7, 11) is -3.60. The maximum atomic E-state index is 12.2. The molecule has 2 rings (SSSR count). The molecule has 0 aliphatic carbocycles. The number of sulfonamides is 1. The number of benzene rings is 2. The van der Waals surface area contributed by atoms with Crippen LogP contribution in [0, 0.1) is 0 Å². The maximum Gasteiger partial charge on any atom is 0.239 e. The zero-order valence-electron chi connectivity index (χ0n) is 12.9. The van der Waals surface area contributed by atoms with Crippen molar-refractivity contribution in [1.29, 1.82) is 0 Å². The van der Waals surface area contributed by atoms with E-state index in [1.807, 2.05) is 0 Å². The lowest BCUT2D eigenvalue weighted by molar-refractivity contribution is -0.116. The van der Waals surface area contributed by atoms with Gasteiger partial charge in [-0.3, -0.25) is 4.79 Å². The van der Waals surface area contributed by atoms with E-state index in [0.29, 0.717) is 21.3 Å². The van der Waals surface area contributed by atoms with E-state index >= 15 is 0 Å². The SMILES string of the molecule is CS(=O)(=O)N(CC(=O)Nc1ccccc1Cl)Cc1ccccc1Cl. The third-order valence-corrected chi connectivity index (χ3v) is 5.14. The van der Waals surface area contributed by atoms with E-state index in [0.717, 1.165) is 10.6 Å². The van der Waals surface area contributed by atoms with Gasteiger partial charge in [-0.1, -0.05) is 53.5 Å². The lowest BCUT2D eigenvalue weighted by Gasteiger charge is -2.20. The zero-order valence-corrected chi connectivity index (χ0v) is 15.2. The van der Waals surface area contributed by atoms with Gasteiger partial charge < -0.3 is 5.32 Å². The number of amides is 1. The Bertz CT molecular complexity index is 841. The molecular weight excluding hydrogens is 371 g/mol. The first-order valence-electron chi connectivity index (χ1n) is 7.00.